The quantitative estimate of drug-likeness (QED) is 0.170. The molecule has 0 aliphatic heterocycles. The number of methoxy groups -OCH3 is 1. The fourth-order valence-electron chi connectivity index (χ4n) is 7.17. The predicted octanol–water partition coefficient (Wildman–Crippen LogP) is 4.66. The number of imidazole rings is 2. The number of carbonyl (C=O) groups is 3. The number of halogens is 2. The molecule has 15 nitrogen and oxygen atoms in total. The summed E-state index contributed by atoms with van der Waals surface area (Å²) < 4.78 is 83.7. The van der Waals surface area contributed by atoms with Crippen molar-refractivity contribution in [3.05, 3.63) is 58.9 Å². The number of hydrogen-bond donors (Lipinski definition) is 3. The molecular weight excluding hydrogens is 785 g/mol. The molecule has 57 heavy (non-hydrogen) atoms. The van der Waals surface area contributed by atoms with Gasteiger partial charge in [-0.3, -0.25) is 14.4 Å². The number of pyridine rings is 2. The topological polar surface area (TPSA) is 199 Å². The first kappa shape index (κ1) is 43.6. The predicted molar refractivity (Wildman–Crippen MR) is 212 cm³/mol. The number of carbonyl (C=O) groups excluding carboxylic acids is 3. The molecule has 312 valence electrons. The number of aromatic nitrogens is 4. The van der Waals surface area contributed by atoms with Gasteiger partial charge in [0, 0.05) is 81.7 Å². The largest absolute Gasteiger partial charge is 0.380 e. The molecule has 0 radical (unpaired) electrons. The van der Waals surface area contributed by atoms with Gasteiger partial charge in [-0.05, 0) is 25.7 Å². The van der Waals surface area contributed by atoms with Crippen LogP contribution in [0.25, 0.3) is 11.3 Å². The average molecular weight is 836 g/mol. The Balaban J connectivity index is 0.000000218. The first-order valence-corrected chi connectivity index (χ1v) is 23.2. The van der Waals surface area contributed by atoms with Crippen LogP contribution in [0.2, 0.25) is 0 Å². The van der Waals surface area contributed by atoms with E-state index in [2.05, 4.69) is 25.9 Å². The van der Waals surface area contributed by atoms with E-state index in [1.165, 1.54) is 35.4 Å². The van der Waals surface area contributed by atoms with Gasteiger partial charge < -0.3 is 29.5 Å². The summed E-state index contributed by atoms with van der Waals surface area (Å²) in [5, 5.41) is 7.96. The van der Waals surface area contributed by atoms with E-state index >= 15 is 8.78 Å². The highest BCUT2D eigenvalue weighted by Gasteiger charge is 2.27. The zero-order valence-corrected chi connectivity index (χ0v) is 34.3. The Morgan fingerprint density at radius 3 is 1.60 bits per heavy atom. The molecule has 6 rings (SSSR count). The van der Waals surface area contributed by atoms with Gasteiger partial charge in [0.1, 0.15) is 25.2 Å². The smallest absolute Gasteiger partial charge is 0.256 e. The standard InChI is InChI=1S/C19H25FN4O4S.C19H26FN3O4S/c1-21-19(26)15-14(23-18(25)12-6-4-3-5-7-12)11-24-10-13(8-9-29(2,27)28)22-17(24)16(15)20;1-27-12-15-16(22-19(24)13-6-4-3-5-7-13)11-23-10-14(8-9-28(2,25)26)21-18(23)17(15)20/h10-12H,3-9H2,1-2H3,(H,21,26)(H,23,25);10-11,13H,3-9,12H2,1-2H3,(H,22,24). The lowest BCUT2D eigenvalue weighted by molar-refractivity contribution is -0.121. The van der Waals surface area contributed by atoms with Crippen LogP contribution >= 0.6 is 0 Å². The number of aryl methyl sites for hydroxylation is 2. The highest BCUT2D eigenvalue weighted by atomic mass is 32.2. The van der Waals surface area contributed by atoms with Crippen molar-refractivity contribution in [1.82, 2.24) is 24.1 Å². The fourth-order valence-corrected chi connectivity index (χ4v) is 8.33. The van der Waals surface area contributed by atoms with Gasteiger partial charge in [0.05, 0.1) is 40.9 Å². The minimum Gasteiger partial charge on any atom is -0.380 e. The van der Waals surface area contributed by atoms with E-state index in [4.69, 9.17) is 4.74 Å². The molecule has 0 atom stereocenters. The van der Waals surface area contributed by atoms with Crippen LogP contribution in [0.3, 0.4) is 0 Å². The normalized spacial score (nSPS) is 15.6. The fraction of sp³-hybridized carbons (Fsp3) is 0.553. The summed E-state index contributed by atoms with van der Waals surface area (Å²) in [6, 6.07) is 0. The van der Waals surface area contributed by atoms with Gasteiger partial charge in [0.2, 0.25) is 11.8 Å². The molecule has 4 heterocycles. The Kier molecular flexibility index (Phi) is 14.4. The van der Waals surface area contributed by atoms with E-state index < -0.39 is 37.2 Å². The van der Waals surface area contributed by atoms with Gasteiger partial charge in [0.15, 0.2) is 22.9 Å². The summed E-state index contributed by atoms with van der Waals surface area (Å²) in [5.74, 6) is -2.85. The Morgan fingerprint density at radius 1 is 0.719 bits per heavy atom. The number of fused-ring (bicyclic) bond motifs is 2. The van der Waals surface area contributed by atoms with E-state index in [0.29, 0.717) is 17.1 Å². The molecule has 2 aliphatic carbocycles. The second kappa shape index (κ2) is 18.8. The van der Waals surface area contributed by atoms with Gasteiger partial charge >= 0.3 is 0 Å². The van der Waals surface area contributed by atoms with Crippen LogP contribution in [0, 0.1) is 23.5 Å². The monoisotopic (exact) mass is 835 g/mol. The van der Waals surface area contributed by atoms with Gasteiger partial charge in [-0.25, -0.2) is 35.6 Å². The van der Waals surface area contributed by atoms with Crippen molar-refractivity contribution in [2.45, 2.75) is 83.7 Å². The Hall–Kier alpha value is -4.49. The van der Waals surface area contributed by atoms with Crippen LogP contribution < -0.4 is 16.0 Å². The second-order valence-corrected chi connectivity index (χ2v) is 19.4. The Labute approximate surface area is 331 Å². The molecule has 0 saturated heterocycles. The first-order chi connectivity index (χ1) is 27.0. The van der Waals surface area contributed by atoms with Gasteiger partial charge in [-0.1, -0.05) is 38.5 Å². The summed E-state index contributed by atoms with van der Waals surface area (Å²) in [6.45, 7) is -0.00581. The van der Waals surface area contributed by atoms with E-state index in [9.17, 15) is 31.2 Å². The second-order valence-electron chi connectivity index (χ2n) is 14.9. The van der Waals surface area contributed by atoms with Crippen molar-refractivity contribution >= 4 is 60.1 Å². The van der Waals surface area contributed by atoms with Gasteiger partial charge in [0.25, 0.3) is 5.91 Å². The number of nitrogens with zero attached hydrogens (tertiary/aromatic N) is 4. The maximum Gasteiger partial charge on any atom is 0.256 e. The molecule has 0 aromatic carbocycles. The number of ether oxygens (including phenoxy) is 1. The molecule has 0 spiro atoms. The molecule has 2 aliphatic rings. The lowest BCUT2D eigenvalue weighted by Crippen LogP contribution is -2.28. The van der Waals surface area contributed by atoms with Crippen molar-refractivity contribution in [3.8, 4) is 0 Å². The van der Waals surface area contributed by atoms with Crippen molar-refractivity contribution < 1.29 is 44.7 Å². The van der Waals surface area contributed by atoms with E-state index in [0.717, 1.165) is 76.7 Å². The third-order valence-electron chi connectivity index (χ3n) is 10.2. The third-order valence-corrected chi connectivity index (χ3v) is 12.1. The van der Waals surface area contributed by atoms with Crippen LogP contribution in [-0.4, -0.2) is 91.5 Å². The summed E-state index contributed by atoms with van der Waals surface area (Å²) in [4.78, 5) is 45.9. The molecule has 4 aromatic rings. The van der Waals surface area contributed by atoms with Crippen molar-refractivity contribution in [1.29, 1.82) is 0 Å². The molecule has 2 fully saturated rings. The van der Waals surface area contributed by atoms with E-state index in [1.807, 2.05) is 0 Å². The zero-order chi connectivity index (χ0) is 41.5. The van der Waals surface area contributed by atoms with Crippen LogP contribution in [0.5, 0.6) is 0 Å². The van der Waals surface area contributed by atoms with Crippen LogP contribution in [0.15, 0.2) is 24.8 Å². The summed E-state index contributed by atoms with van der Waals surface area (Å²) >= 11 is 0. The van der Waals surface area contributed by atoms with Crippen molar-refractivity contribution in [3.63, 3.8) is 0 Å². The summed E-state index contributed by atoms with van der Waals surface area (Å²) in [6.07, 6.45) is 18.2. The van der Waals surface area contributed by atoms with Crippen molar-refractivity contribution in [2.75, 3.05) is 48.8 Å². The molecule has 3 amide bonds. The van der Waals surface area contributed by atoms with Crippen LogP contribution in [-0.2, 0) is 53.4 Å². The highest BCUT2D eigenvalue weighted by molar-refractivity contribution is 7.90. The maximum absolute atomic E-state index is 15.1. The van der Waals surface area contributed by atoms with Crippen LogP contribution in [0.1, 0.15) is 91.5 Å². The number of hydrogen-bond acceptors (Lipinski definition) is 10. The maximum atomic E-state index is 15.1. The number of amides is 3. The van der Waals surface area contributed by atoms with Gasteiger partial charge in [-0.15, -0.1) is 0 Å². The van der Waals surface area contributed by atoms with Crippen LogP contribution in [0.4, 0.5) is 20.2 Å². The van der Waals surface area contributed by atoms with Crippen molar-refractivity contribution in [2.24, 2.45) is 11.8 Å². The lowest BCUT2D eigenvalue weighted by atomic mass is 9.88. The summed E-state index contributed by atoms with van der Waals surface area (Å²) in [5.41, 5.74) is 1.22. The molecule has 19 heteroatoms. The SMILES string of the molecule is CNC(=O)c1c(NC(=O)C2CCCCC2)cn2cc(CCS(C)(=O)=O)nc2c1F.COCc1c(NC(=O)C2CCCCC2)cn2cc(CCS(C)(=O)=O)nc2c1F. The molecule has 2 saturated carbocycles. The van der Waals surface area contributed by atoms with Gasteiger partial charge in [-0.2, -0.15) is 0 Å². The lowest BCUT2D eigenvalue weighted by Gasteiger charge is -2.21. The third kappa shape index (κ3) is 11.6. The molecule has 0 bridgehead atoms. The number of anilines is 2. The Morgan fingerprint density at radius 2 is 1.16 bits per heavy atom. The number of rotatable bonds is 13. The average Bonchev–Trinajstić information content (AvgIpc) is 3.79. The molecule has 4 aromatic heterocycles. The van der Waals surface area contributed by atoms with E-state index in [-0.39, 0.29) is 82.7 Å². The zero-order valence-electron chi connectivity index (χ0n) is 32.7. The molecule has 0 unspecified atom stereocenters. The molecular formula is C38H51F2N7O8S2. The number of nitrogens with one attached hydrogen (secondary N) is 3. The minimum atomic E-state index is -3.20. The highest BCUT2D eigenvalue weighted by Crippen LogP contribution is 2.30. The molecule has 3 N–H and O–H groups in total. The summed E-state index contributed by atoms with van der Waals surface area (Å²) in [7, 11) is -3.50. The first-order valence-electron chi connectivity index (χ1n) is 19.0. The Bertz CT molecular complexity index is 2330. The number of sulfone groups is 2. The minimum absolute atomic E-state index is 0.00581. The van der Waals surface area contributed by atoms with E-state index in [1.54, 1.807) is 12.4 Å².